The van der Waals surface area contributed by atoms with E-state index in [0.717, 1.165) is 11.3 Å². The normalized spacial score (nSPS) is 13.1. The largest absolute Gasteiger partial charge is 0.459 e. The average Bonchev–Trinajstić information content (AvgIpc) is 2.90. The van der Waals surface area contributed by atoms with E-state index >= 15 is 0 Å². The molecular formula is C16H25N5O2. The van der Waals surface area contributed by atoms with Gasteiger partial charge in [-0.15, -0.1) is 0 Å². The molecule has 2 N–H and O–H groups in total. The van der Waals surface area contributed by atoms with Crippen LogP contribution in [-0.4, -0.2) is 50.1 Å². The number of aryl methyl sites for hydroxylation is 2. The molecule has 0 fully saturated rings. The molecule has 7 nitrogen and oxygen atoms in total. The van der Waals surface area contributed by atoms with Crippen LogP contribution in [0.15, 0.2) is 18.2 Å². The molecule has 0 spiro atoms. The number of nitrogens with zero attached hydrogens (tertiary/aromatic N) is 4. The Labute approximate surface area is 136 Å². The summed E-state index contributed by atoms with van der Waals surface area (Å²) < 4.78 is 7.12. The molecule has 0 radical (unpaired) electrons. The predicted octanol–water partition coefficient (Wildman–Crippen LogP) is 1.41. The number of rotatable bonds is 6. The highest BCUT2D eigenvalue weighted by Gasteiger charge is 2.16. The van der Waals surface area contributed by atoms with Crippen molar-refractivity contribution in [2.24, 2.45) is 0 Å². The molecule has 1 aromatic heterocycles. The van der Waals surface area contributed by atoms with Gasteiger partial charge in [-0.25, -0.2) is 0 Å². The van der Waals surface area contributed by atoms with E-state index in [1.165, 1.54) is 5.56 Å². The Balaban J connectivity index is 2.01. The van der Waals surface area contributed by atoms with E-state index in [2.05, 4.69) is 26.9 Å². The molecule has 126 valence electrons. The average molecular weight is 319 g/mol. The molecule has 0 bridgehead atoms. The lowest BCUT2D eigenvalue weighted by molar-refractivity contribution is 0.0938. The van der Waals surface area contributed by atoms with E-state index in [1.807, 2.05) is 46.8 Å². The molecule has 23 heavy (non-hydrogen) atoms. The van der Waals surface area contributed by atoms with Gasteiger partial charge in [0.15, 0.2) is 0 Å². The maximum Gasteiger partial charge on any atom is 0.340 e. The van der Waals surface area contributed by atoms with Crippen molar-refractivity contribution in [3.63, 3.8) is 0 Å². The Morgan fingerprint density at radius 3 is 2.70 bits per heavy atom. The van der Waals surface area contributed by atoms with E-state index in [1.54, 1.807) is 4.68 Å². The molecule has 1 atom stereocenters. The van der Waals surface area contributed by atoms with Gasteiger partial charge in [0.1, 0.15) is 12.7 Å². The highest BCUT2D eigenvalue weighted by atomic mass is 16.5. The Bertz CT molecular complexity index is 648. The molecule has 0 aliphatic heterocycles. The van der Waals surface area contributed by atoms with Crippen LogP contribution >= 0.6 is 0 Å². The molecule has 2 rings (SSSR count). The summed E-state index contributed by atoms with van der Waals surface area (Å²) in [5.74, 6) is 0. The third kappa shape index (κ3) is 5.01. The van der Waals surface area contributed by atoms with Crippen LogP contribution in [0, 0.1) is 13.8 Å². The van der Waals surface area contributed by atoms with Crippen LogP contribution in [-0.2, 0) is 0 Å². The van der Waals surface area contributed by atoms with E-state index < -0.39 is 6.10 Å². The Kier molecular flexibility index (Phi) is 5.33. The van der Waals surface area contributed by atoms with Crippen LogP contribution < -0.4 is 10.1 Å². The maximum atomic E-state index is 10.00. The number of aromatic nitrogens is 4. The molecule has 1 aromatic carbocycles. The summed E-state index contributed by atoms with van der Waals surface area (Å²) >= 11 is 0. The maximum absolute atomic E-state index is 10.00. The van der Waals surface area contributed by atoms with Gasteiger partial charge in [-0.1, -0.05) is 22.8 Å². The van der Waals surface area contributed by atoms with Gasteiger partial charge in [-0.05, 0) is 56.7 Å². The lowest BCUT2D eigenvalue weighted by atomic mass is 10.1. The summed E-state index contributed by atoms with van der Waals surface area (Å²) in [6.45, 7) is 10.7. The van der Waals surface area contributed by atoms with Crippen LogP contribution in [0.3, 0.4) is 0 Å². The second-order valence-electron chi connectivity index (χ2n) is 6.76. The second-order valence-corrected chi connectivity index (χ2v) is 6.76. The van der Waals surface area contributed by atoms with Gasteiger partial charge in [0.05, 0.1) is 5.69 Å². The molecule has 0 amide bonds. The lowest BCUT2D eigenvalue weighted by Gasteiger charge is -2.22. The van der Waals surface area contributed by atoms with Gasteiger partial charge in [0.2, 0.25) is 0 Å². The molecule has 0 aliphatic rings. The summed E-state index contributed by atoms with van der Waals surface area (Å²) in [6.07, 6.45) is -0.640. The number of aliphatic hydroxyl groups is 1. The number of hydrogen-bond donors (Lipinski definition) is 2. The number of aliphatic hydroxyl groups excluding tert-OH is 1. The van der Waals surface area contributed by atoms with Gasteiger partial charge >= 0.3 is 6.01 Å². The van der Waals surface area contributed by atoms with Crippen molar-refractivity contribution in [2.75, 3.05) is 13.2 Å². The van der Waals surface area contributed by atoms with Crippen molar-refractivity contribution >= 4 is 0 Å². The molecule has 0 aliphatic carbocycles. The van der Waals surface area contributed by atoms with E-state index in [0.29, 0.717) is 6.54 Å². The topological polar surface area (TPSA) is 85.1 Å². The molecule has 0 saturated heterocycles. The van der Waals surface area contributed by atoms with Crippen molar-refractivity contribution in [1.82, 2.24) is 25.5 Å². The molecule has 2 aromatic rings. The Morgan fingerprint density at radius 1 is 1.30 bits per heavy atom. The minimum atomic E-state index is -0.640. The first-order valence-electron chi connectivity index (χ1n) is 7.68. The van der Waals surface area contributed by atoms with E-state index in [4.69, 9.17) is 4.74 Å². The van der Waals surface area contributed by atoms with Gasteiger partial charge in [-0.2, -0.15) is 4.68 Å². The smallest absolute Gasteiger partial charge is 0.340 e. The fraction of sp³-hybridized carbons (Fsp3) is 0.562. The third-order valence-electron chi connectivity index (χ3n) is 3.29. The Hall–Kier alpha value is -1.99. The first kappa shape index (κ1) is 17.4. The zero-order valence-electron chi connectivity index (χ0n) is 14.4. The van der Waals surface area contributed by atoms with Crippen molar-refractivity contribution < 1.29 is 9.84 Å². The van der Waals surface area contributed by atoms with Crippen LogP contribution in [0.1, 0.15) is 31.9 Å². The van der Waals surface area contributed by atoms with Gasteiger partial charge < -0.3 is 15.2 Å². The quantitative estimate of drug-likeness (QED) is 0.837. The standard InChI is InChI=1S/C16H25N5O2/c1-11-6-7-14(12(2)8-11)21-15(18-19-20-21)23-10-13(22)9-17-16(3,4)5/h6-8,13,17,22H,9-10H2,1-5H3. The van der Waals surface area contributed by atoms with Gasteiger partial charge in [0.25, 0.3) is 0 Å². The molecular weight excluding hydrogens is 294 g/mol. The Morgan fingerprint density at radius 2 is 2.04 bits per heavy atom. The van der Waals surface area contributed by atoms with E-state index in [-0.39, 0.29) is 18.2 Å². The third-order valence-corrected chi connectivity index (χ3v) is 3.29. The molecule has 7 heteroatoms. The number of nitrogens with one attached hydrogen (secondary N) is 1. The highest BCUT2D eigenvalue weighted by molar-refractivity contribution is 5.42. The fourth-order valence-corrected chi connectivity index (χ4v) is 2.12. The predicted molar refractivity (Wildman–Crippen MR) is 87.9 cm³/mol. The molecule has 0 saturated carbocycles. The van der Waals surface area contributed by atoms with Crippen LogP contribution in [0.25, 0.3) is 5.69 Å². The second kappa shape index (κ2) is 7.06. The zero-order valence-corrected chi connectivity index (χ0v) is 14.4. The monoisotopic (exact) mass is 319 g/mol. The number of tetrazole rings is 1. The summed E-state index contributed by atoms with van der Waals surface area (Å²) in [5, 5.41) is 24.7. The number of β-amino-alcohol motifs (C(OH)–C–C–N with tert-alkyl or cyclic N) is 1. The first-order valence-corrected chi connectivity index (χ1v) is 7.68. The summed E-state index contributed by atoms with van der Waals surface area (Å²) in [6, 6.07) is 6.27. The van der Waals surface area contributed by atoms with Gasteiger partial charge in [0, 0.05) is 12.1 Å². The first-order chi connectivity index (χ1) is 10.8. The molecule has 1 heterocycles. The minimum Gasteiger partial charge on any atom is -0.459 e. The van der Waals surface area contributed by atoms with Gasteiger partial charge in [-0.3, -0.25) is 0 Å². The lowest BCUT2D eigenvalue weighted by Crippen LogP contribution is -2.42. The minimum absolute atomic E-state index is 0.0540. The summed E-state index contributed by atoms with van der Waals surface area (Å²) in [5.41, 5.74) is 3.03. The summed E-state index contributed by atoms with van der Waals surface area (Å²) in [4.78, 5) is 0. The summed E-state index contributed by atoms with van der Waals surface area (Å²) in [7, 11) is 0. The van der Waals surface area contributed by atoms with Crippen molar-refractivity contribution in [3.05, 3.63) is 29.3 Å². The van der Waals surface area contributed by atoms with Crippen LogP contribution in [0.4, 0.5) is 0 Å². The fourth-order valence-electron chi connectivity index (χ4n) is 2.12. The number of hydrogen-bond acceptors (Lipinski definition) is 6. The van der Waals surface area contributed by atoms with E-state index in [9.17, 15) is 5.11 Å². The van der Waals surface area contributed by atoms with Crippen molar-refractivity contribution in [2.45, 2.75) is 46.3 Å². The number of benzene rings is 1. The SMILES string of the molecule is Cc1ccc(-n2nnnc2OCC(O)CNC(C)(C)C)c(C)c1. The van der Waals surface area contributed by atoms with Crippen molar-refractivity contribution in [1.29, 1.82) is 0 Å². The molecule has 1 unspecified atom stereocenters. The van der Waals surface area contributed by atoms with Crippen LogP contribution in [0.5, 0.6) is 6.01 Å². The van der Waals surface area contributed by atoms with Crippen molar-refractivity contribution in [3.8, 4) is 11.7 Å². The zero-order chi connectivity index (χ0) is 17.0. The number of ether oxygens (including phenoxy) is 1. The highest BCUT2D eigenvalue weighted by Crippen LogP contribution is 2.18. The van der Waals surface area contributed by atoms with Crippen LogP contribution in [0.2, 0.25) is 0 Å².